The molecule has 0 saturated heterocycles. The number of ether oxygens (including phenoxy) is 1. The first-order valence-electron chi connectivity index (χ1n) is 11.9. The smallest absolute Gasteiger partial charge is 0.407 e. The molecule has 1 amide bonds. The molecule has 0 bridgehead atoms. The van der Waals surface area contributed by atoms with Crippen LogP contribution in [0.2, 0.25) is 0 Å². The van der Waals surface area contributed by atoms with Gasteiger partial charge in [-0.05, 0) is 66.1 Å². The lowest BCUT2D eigenvalue weighted by molar-refractivity contribution is 0.0987. The summed E-state index contributed by atoms with van der Waals surface area (Å²) in [5, 5.41) is 2.79. The normalized spacial score (nSPS) is 21.4. The fraction of sp³-hybridized carbons (Fsp3) is 0.333. The van der Waals surface area contributed by atoms with Crippen LogP contribution >= 0.6 is 0 Å². The zero-order valence-electron chi connectivity index (χ0n) is 20.4. The van der Waals surface area contributed by atoms with Crippen molar-refractivity contribution in [2.24, 2.45) is 11.7 Å². The number of ketones is 1. The molecule has 3 N–H and O–H groups in total. The maximum absolute atomic E-state index is 14.5. The highest BCUT2D eigenvalue weighted by Gasteiger charge is 2.36. The molecule has 1 saturated carbocycles. The van der Waals surface area contributed by atoms with Gasteiger partial charge in [0.2, 0.25) is 0 Å². The molecule has 4 rings (SSSR count). The summed E-state index contributed by atoms with van der Waals surface area (Å²) in [5.41, 5.74) is 6.63. The Hall–Kier alpha value is -3.79. The number of rotatable bonds is 6. The van der Waals surface area contributed by atoms with Crippen LogP contribution in [-0.2, 0) is 11.2 Å². The molecule has 194 valence electrons. The molecule has 0 unspecified atom stereocenters. The molecule has 2 aromatic heterocycles. The third-order valence-electron chi connectivity index (χ3n) is 6.82. The lowest BCUT2D eigenvalue weighted by Gasteiger charge is -2.39. The number of hydrogen-bond donors (Lipinski definition) is 2. The fourth-order valence-corrected chi connectivity index (χ4v) is 5.03. The predicted octanol–water partition coefficient (Wildman–Crippen LogP) is 4.55. The van der Waals surface area contributed by atoms with E-state index in [1.807, 2.05) is 13.0 Å². The number of Topliss-reactive ketones (excluding diaryl/α,β-unsaturated/α-hetero) is 1. The molecule has 0 spiro atoms. The number of benzene rings is 1. The second kappa shape index (κ2) is 11.1. The number of aromatic nitrogens is 2. The van der Waals surface area contributed by atoms with E-state index in [9.17, 15) is 22.8 Å². The average molecular weight is 513 g/mol. The second-order valence-electron chi connectivity index (χ2n) is 9.27. The van der Waals surface area contributed by atoms with E-state index in [0.717, 1.165) is 29.8 Å². The first-order valence-corrected chi connectivity index (χ1v) is 11.9. The van der Waals surface area contributed by atoms with Crippen LogP contribution in [0.25, 0.3) is 11.3 Å². The topological polar surface area (TPSA) is 107 Å². The highest BCUT2D eigenvalue weighted by molar-refractivity contribution is 5.96. The molecule has 4 atom stereocenters. The van der Waals surface area contributed by atoms with Crippen molar-refractivity contribution in [2.45, 2.75) is 44.2 Å². The number of alkyl carbamates (subject to hydrolysis) is 1. The first kappa shape index (κ1) is 26.3. The van der Waals surface area contributed by atoms with E-state index in [1.165, 1.54) is 13.2 Å². The van der Waals surface area contributed by atoms with Crippen LogP contribution in [-0.4, -0.2) is 41.0 Å². The van der Waals surface area contributed by atoms with Gasteiger partial charge in [0.15, 0.2) is 5.78 Å². The van der Waals surface area contributed by atoms with Crippen LogP contribution < -0.4 is 11.1 Å². The summed E-state index contributed by atoms with van der Waals surface area (Å²) >= 11 is 0. The molecular formula is C27H27F3N4O3. The monoisotopic (exact) mass is 512 g/mol. The van der Waals surface area contributed by atoms with Crippen molar-refractivity contribution in [3.8, 4) is 11.3 Å². The number of hydrogen-bond acceptors (Lipinski definition) is 6. The van der Waals surface area contributed by atoms with Crippen molar-refractivity contribution in [1.82, 2.24) is 15.3 Å². The molecular weight excluding hydrogens is 485 g/mol. The lowest BCUT2D eigenvalue weighted by Crippen LogP contribution is -2.54. The lowest BCUT2D eigenvalue weighted by atomic mass is 9.72. The third-order valence-corrected chi connectivity index (χ3v) is 6.82. The second-order valence-corrected chi connectivity index (χ2v) is 9.27. The van der Waals surface area contributed by atoms with E-state index < -0.39 is 40.6 Å². The van der Waals surface area contributed by atoms with E-state index >= 15 is 0 Å². The van der Waals surface area contributed by atoms with Crippen molar-refractivity contribution in [1.29, 1.82) is 0 Å². The zero-order chi connectivity index (χ0) is 26.7. The summed E-state index contributed by atoms with van der Waals surface area (Å²) in [4.78, 5) is 33.0. The Morgan fingerprint density at radius 3 is 2.49 bits per heavy atom. The number of amides is 1. The summed E-state index contributed by atoms with van der Waals surface area (Å²) in [5.74, 6) is -3.30. The van der Waals surface area contributed by atoms with Gasteiger partial charge in [0.05, 0.1) is 12.7 Å². The summed E-state index contributed by atoms with van der Waals surface area (Å²) in [6, 6.07) is 6.57. The van der Waals surface area contributed by atoms with Crippen molar-refractivity contribution in [3.05, 3.63) is 83.1 Å². The van der Waals surface area contributed by atoms with Crippen LogP contribution in [0.4, 0.5) is 18.0 Å². The Bertz CT molecular complexity index is 1290. The number of nitrogens with zero attached hydrogens (tertiary/aromatic N) is 2. The molecule has 1 fully saturated rings. The Morgan fingerprint density at radius 2 is 1.81 bits per heavy atom. The van der Waals surface area contributed by atoms with Crippen LogP contribution in [0, 0.1) is 23.4 Å². The summed E-state index contributed by atoms with van der Waals surface area (Å²) < 4.78 is 47.7. The molecule has 37 heavy (non-hydrogen) atoms. The van der Waals surface area contributed by atoms with E-state index in [-0.39, 0.29) is 36.0 Å². The maximum atomic E-state index is 14.5. The minimum atomic E-state index is -0.978. The van der Waals surface area contributed by atoms with Gasteiger partial charge in [0, 0.05) is 30.9 Å². The van der Waals surface area contributed by atoms with Gasteiger partial charge in [0.1, 0.15) is 28.8 Å². The number of nitrogens with one attached hydrogen (secondary N) is 1. The summed E-state index contributed by atoms with van der Waals surface area (Å²) in [6.45, 7) is 1.99. The fourth-order valence-electron chi connectivity index (χ4n) is 5.03. The molecule has 10 heteroatoms. The van der Waals surface area contributed by atoms with Gasteiger partial charge in [-0.3, -0.25) is 9.78 Å². The van der Waals surface area contributed by atoms with E-state index in [1.54, 1.807) is 12.4 Å². The highest BCUT2D eigenvalue weighted by atomic mass is 19.1. The van der Waals surface area contributed by atoms with E-state index in [4.69, 9.17) is 10.5 Å². The Morgan fingerprint density at radius 1 is 1.08 bits per heavy atom. The molecule has 2 heterocycles. The van der Waals surface area contributed by atoms with E-state index in [0.29, 0.717) is 18.4 Å². The number of pyridine rings is 2. The molecule has 1 aliphatic carbocycles. The number of carbonyl (C=O) groups excluding carboxylic acids is 2. The number of methoxy groups -OCH3 is 1. The largest absolute Gasteiger partial charge is 0.453 e. The van der Waals surface area contributed by atoms with Crippen LogP contribution in [0.1, 0.15) is 47.3 Å². The molecule has 3 aromatic rings. The summed E-state index contributed by atoms with van der Waals surface area (Å²) in [7, 11) is 1.29. The Kier molecular flexibility index (Phi) is 7.87. The number of carbonyl (C=O) groups is 2. The van der Waals surface area contributed by atoms with Crippen molar-refractivity contribution < 1.29 is 27.5 Å². The van der Waals surface area contributed by atoms with E-state index in [2.05, 4.69) is 15.3 Å². The first-order chi connectivity index (χ1) is 17.7. The number of nitrogens with two attached hydrogens (primary N) is 1. The molecule has 1 aromatic carbocycles. The molecule has 0 radical (unpaired) electrons. The van der Waals surface area contributed by atoms with Gasteiger partial charge in [-0.15, -0.1) is 0 Å². The van der Waals surface area contributed by atoms with Crippen molar-refractivity contribution in [2.75, 3.05) is 7.11 Å². The van der Waals surface area contributed by atoms with Crippen LogP contribution in [0.5, 0.6) is 0 Å². The van der Waals surface area contributed by atoms with Gasteiger partial charge in [-0.2, -0.15) is 0 Å². The Balaban J connectivity index is 1.57. The molecule has 7 nitrogen and oxygen atoms in total. The van der Waals surface area contributed by atoms with Gasteiger partial charge in [-0.25, -0.2) is 22.9 Å². The van der Waals surface area contributed by atoms with Gasteiger partial charge >= 0.3 is 6.09 Å². The minimum Gasteiger partial charge on any atom is -0.453 e. The highest BCUT2D eigenvalue weighted by Crippen LogP contribution is 2.37. The quantitative estimate of drug-likeness (QED) is 0.469. The predicted molar refractivity (Wildman–Crippen MR) is 130 cm³/mol. The number of halogens is 3. The van der Waals surface area contributed by atoms with Gasteiger partial charge < -0.3 is 15.8 Å². The third kappa shape index (κ3) is 5.64. The maximum Gasteiger partial charge on any atom is 0.407 e. The Labute approximate surface area is 212 Å². The molecule has 1 aliphatic rings. The average Bonchev–Trinajstić information content (AvgIpc) is 2.87. The summed E-state index contributed by atoms with van der Waals surface area (Å²) in [6.07, 6.45) is 3.86. The minimum absolute atomic E-state index is 0.00995. The van der Waals surface area contributed by atoms with Crippen molar-refractivity contribution in [3.63, 3.8) is 0 Å². The SMILES string of the molecule is COC(=O)N[C@@H]1[C@H](C)C[C@H](c2ccncc2CC(=O)c2ccc(F)c(-c3c(F)cccc3F)n2)C[C@@H]1N. The van der Waals surface area contributed by atoms with Crippen LogP contribution in [0.15, 0.2) is 48.8 Å². The molecule has 0 aliphatic heterocycles. The standard InChI is InChI=1S/C27H27F3N4O3/c1-14-10-15(11-21(31)25(14)34-27(36)37-2)17-8-9-32-13-16(17)12-23(35)22-7-6-20(30)26(33-22)24-18(28)4-3-5-19(24)29/h3-9,13-15,21,25H,10-12,31H2,1-2H3,(H,34,36)/t14-,15+,21+,25-/m1/s1. The van der Waals surface area contributed by atoms with Crippen molar-refractivity contribution >= 4 is 11.9 Å². The van der Waals surface area contributed by atoms with Crippen LogP contribution in [0.3, 0.4) is 0 Å². The van der Waals surface area contributed by atoms with Gasteiger partial charge in [0.25, 0.3) is 0 Å². The zero-order valence-corrected chi connectivity index (χ0v) is 20.4. The van der Waals surface area contributed by atoms with Gasteiger partial charge in [-0.1, -0.05) is 13.0 Å².